The molecule has 1 aromatic heterocycles. The molecule has 0 saturated heterocycles. The molecule has 134 valence electrons. The number of aryl methyl sites for hydroxylation is 1. The number of alkyl halides is 3. The zero-order valence-corrected chi connectivity index (χ0v) is 13.2. The van der Waals surface area contributed by atoms with Gasteiger partial charge >= 0.3 is 12.1 Å². The fourth-order valence-corrected chi connectivity index (χ4v) is 1.93. The number of rotatable bonds is 4. The van der Waals surface area contributed by atoms with E-state index in [0.717, 1.165) is 18.2 Å². The molecule has 7 nitrogen and oxygen atoms in total. The lowest BCUT2D eigenvalue weighted by Gasteiger charge is -2.14. The Morgan fingerprint density at radius 1 is 1.36 bits per heavy atom. The van der Waals surface area contributed by atoms with Crippen LogP contribution in [0.25, 0.3) is 0 Å². The van der Waals surface area contributed by atoms with Crippen LogP contribution in [0.2, 0.25) is 0 Å². The minimum Gasteiger partial charge on any atom is -0.449 e. The Kier molecular flexibility index (Phi) is 5.00. The summed E-state index contributed by atoms with van der Waals surface area (Å²) in [6.07, 6.45) is -5.82. The third kappa shape index (κ3) is 4.28. The van der Waals surface area contributed by atoms with E-state index in [4.69, 9.17) is 10.5 Å². The zero-order valence-electron chi connectivity index (χ0n) is 13.2. The summed E-state index contributed by atoms with van der Waals surface area (Å²) < 4.78 is 47.5. The third-order valence-electron chi connectivity index (χ3n) is 3.20. The molecule has 0 radical (unpaired) electrons. The summed E-state index contributed by atoms with van der Waals surface area (Å²) >= 11 is 0. The van der Waals surface area contributed by atoms with Crippen molar-refractivity contribution in [1.82, 2.24) is 5.16 Å². The average molecular weight is 357 g/mol. The number of benzene rings is 1. The normalized spacial score (nSPS) is 12.5. The molecule has 1 atom stereocenters. The van der Waals surface area contributed by atoms with Gasteiger partial charge in [0.25, 0.3) is 5.91 Å². The van der Waals surface area contributed by atoms with Crippen LogP contribution in [0.5, 0.6) is 0 Å². The first-order valence-electron chi connectivity index (χ1n) is 7.00. The van der Waals surface area contributed by atoms with Gasteiger partial charge < -0.3 is 20.3 Å². The number of aromatic nitrogens is 1. The monoisotopic (exact) mass is 357 g/mol. The van der Waals surface area contributed by atoms with Gasteiger partial charge in [-0.15, -0.1) is 0 Å². The summed E-state index contributed by atoms with van der Waals surface area (Å²) in [5, 5.41) is 5.73. The SMILES string of the molecule is Cc1noc(N)c1C(=O)O[C@H](C)C(=O)Nc1cccc(C(F)(F)F)c1. The van der Waals surface area contributed by atoms with Crippen molar-refractivity contribution in [1.29, 1.82) is 0 Å². The van der Waals surface area contributed by atoms with Crippen molar-refractivity contribution in [2.75, 3.05) is 11.1 Å². The number of carbonyl (C=O) groups excluding carboxylic acids is 2. The molecule has 0 aliphatic heterocycles. The fraction of sp³-hybridized carbons (Fsp3) is 0.267. The van der Waals surface area contributed by atoms with Gasteiger partial charge in [-0.3, -0.25) is 4.79 Å². The lowest BCUT2D eigenvalue weighted by molar-refractivity contribution is -0.137. The summed E-state index contributed by atoms with van der Waals surface area (Å²) in [6.45, 7) is 2.73. The maximum Gasteiger partial charge on any atom is 0.416 e. The quantitative estimate of drug-likeness (QED) is 0.815. The van der Waals surface area contributed by atoms with Gasteiger partial charge in [-0.05, 0) is 32.0 Å². The first kappa shape index (κ1) is 18.3. The number of amides is 1. The summed E-state index contributed by atoms with van der Waals surface area (Å²) in [6, 6.07) is 4.07. The summed E-state index contributed by atoms with van der Waals surface area (Å²) in [4.78, 5) is 24.0. The second-order valence-corrected chi connectivity index (χ2v) is 5.12. The average Bonchev–Trinajstić information content (AvgIpc) is 2.85. The first-order valence-corrected chi connectivity index (χ1v) is 7.00. The molecule has 0 saturated carbocycles. The van der Waals surface area contributed by atoms with E-state index in [1.165, 1.54) is 19.9 Å². The fourth-order valence-electron chi connectivity index (χ4n) is 1.93. The number of carbonyl (C=O) groups is 2. The Bertz CT molecular complexity index is 782. The molecule has 2 rings (SSSR count). The highest BCUT2D eigenvalue weighted by molar-refractivity contribution is 5.99. The Morgan fingerprint density at radius 3 is 2.60 bits per heavy atom. The van der Waals surface area contributed by atoms with E-state index in [9.17, 15) is 22.8 Å². The molecule has 0 spiro atoms. The van der Waals surface area contributed by atoms with Gasteiger partial charge in [0.05, 0.1) is 11.3 Å². The maximum atomic E-state index is 12.7. The van der Waals surface area contributed by atoms with Crippen LogP contribution in [0.4, 0.5) is 24.7 Å². The van der Waals surface area contributed by atoms with Crippen LogP contribution in [0.15, 0.2) is 28.8 Å². The van der Waals surface area contributed by atoms with Gasteiger partial charge in [0.2, 0.25) is 5.88 Å². The number of ether oxygens (including phenoxy) is 1. The van der Waals surface area contributed by atoms with Crippen LogP contribution >= 0.6 is 0 Å². The molecule has 0 aliphatic carbocycles. The van der Waals surface area contributed by atoms with E-state index in [-0.39, 0.29) is 22.8 Å². The number of nitrogens with two attached hydrogens (primary N) is 1. The molecule has 1 amide bonds. The number of anilines is 2. The molecule has 0 fully saturated rings. The van der Waals surface area contributed by atoms with E-state index in [0.29, 0.717) is 0 Å². The Morgan fingerprint density at radius 2 is 2.04 bits per heavy atom. The van der Waals surface area contributed by atoms with Crippen molar-refractivity contribution in [3.8, 4) is 0 Å². The minimum absolute atomic E-state index is 0.0802. The van der Waals surface area contributed by atoms with Gasteiger partial charge in [0.15, 0.2) is 6.10 Å². The van der Waals surface area contributed by atoms with Crippen LogP contribution < -0.4 is 11.1 Å². The lowest BCUT2D eigenvalue weighted by Crippen LogP contribution is -2.30. The van der Waals surface area contributed by atoms with Crippen molar-refractivity contribution in [3.63, 3.8) is 0 Å². The van der Waals surface area contributed by atoms with Crippen LogP contribution in [0.1, 0.15) is 28.5 Å². The number of nitrogens with zero attached hydrogens (tertiary/aromatic N) is 1. The van der Waals surface area contributed by atoms with Crippen LogP contribution in [-0.2, 0) is 15.7 Å². The molecule has 0 aliphatic rings. The molecule has 0 bridgehead atoms. The molecule has 3 N–H and O–H groups in total. The van der Waals surface area contributed by atoms with Gasteiger partial charge in [-0.2, -0.15) is 13.2 Å². The van der Waals surface area contributed by atoms with E-state index >= 15 is 0 Å². The van der Waals surface area contributed by atoms with Gasteiger partial charge in [-0.25, -0.2) is 4.79 Å². The Balaban J connectivity index is 2.05. The van der Waals surface area contributed by atoms with Crippen molar-refractivity contribution < 1.29 is 32.0 Å². The van der Waals surface area contributed by atoms with Crippen molar-refractivity contribution >= 4 is 23.4 Å². The molecule has 0 unspecified atom stereocenters. The molecule has 2 aromatic rings. The molecular weight excluding hydrogens is 343 g/mol. The first-order chi connectivity index (χ1) is 11.6. The maximum absolute atomic E-state index is 12.7. The number of nitrogen functional groups attached to an aromatic ring is 1. The number of nitrogens with one attached hydrogen (secondary N) is 1. The van der Waals surface area contributed by atoms with E-state index in [2.05, 4.69) is 15.0 Å². The molecular formula is C15H14F3N3O4. The predicted octanol–water partition coefficient (Wildman–Crippen LogP) is 2.77. The standard InChI is InChI=1S/C15H14F3N3O4/c1-7-11(12(19)25-21-7)14(23)24-8(2)13(22)20-10-5-3-4-9(6-10)15(16,17)18/h3-6,8H,19H2,1-2H3,(H,20,22)/t8-/m1/s1. The third-order valence-corrected chi connectivity index (χ3v) is 3.20. The summed E-state index contributed by atoms with van der Waals surface area (Å²) in [7, 11) is 0. The zero-order chi connectivity index (χ0) is 18.8. The highest BCUT2D eigenvalue weighted by atomic mass is 19.4. The van der Waals surface area contributed by atoms with Crippen LogP contribution in [-0.4, -0.2) is 23.1 Å². The minimum atomic E-state index is -4.54. The Hall–Kier alpha value is -3.04. The Labute approximate surface area is 139 Å². The lowest BCUT2D eigenvalue weighted by atomic mass is 10.2. The highest BCUT2D eigenvalue weighted by Gasteiger charge is 2.31. The molecule has 1 heterocycles. The van der Waals surface area contributed by atoms with Gasteiger partial charge in [0, 0.05) is 5.69 Å². The summed E-state index contributed by atoms with van der Waals surface area (Å²) in [5.74, 6) is -1.99. The topological polar surface area (TPSA) is 107 Å². The number of esters is 1. The number of hydrogen-bond donors (Lipinski definition) is 2. The van der Waals surface area contributed by atoms with E-state index < -0.39 is 29.7 Å². The van der Waals surface area contributed by atoms with Crippen molar-refractivity contribution in [3.05, 3.63) is 41.1 Å². The molecule has 1 aromatic carbocycles. The van der Waals surface area contributed by atoms with E-state index in [1.54, 1.807) is 0 Å². The molecule has 10 heteroatoms. The second-order valence-electron chi connectivity index (χ2n) is 5.12. The van der Waals surface area contributed by atoms with Gasteiger partial charge in [-0.1, -0.05) is 11.2 Å². The molecule has 25 heavy (non-hydrogen) atoms. The second kappa shape index (κ2) is 6.83. The highest BCUT2D eigenvalue weighted by Crippen LogP contribution is 2.30. The number of hydrogen-bond acceptors (Lipinski definition) is 6. The van der Waals surface area contributed by atoms with Crippen LogP contribution in [0, 0.1) is 6.92 Å². The van der Waals surface area contributed by atoms with Crippen molar-refractivity contribution in [2.45, 2.75) is 26.1 Å². The number of halogens is 3. The van der Waals surface area contributed by atoms with Crippen LogP contribution in [0.3, 0.4) is 0 Å². The largest absolute Gasteiger partial charge is 0.449 e. The van der Waals surface area contributed by atoms with Crippen molar-refractivity contribution in [2.24, 2.45) is 0 Å². The summed E-state index contributed by atoms with van der Waals surface area (Å²) in [5.41, 5.74) is 4.52. The van der Waals surface area contributed by atoms with E-state index in [1.807, 2.05) is 0 Å². The smallest absolute Gasteiger partial charge is 0.416 e. The predicted molar refractivity (Wildman–Crippen MR) is 80.6 cm³/mol. The van der Waals surface area contributed by atoms with Gasteiger partial charge in [0.1, 0.15) is 5.56 Å².